The first-order chi connectivity index (χ1) is 11.6. The van der Waals surface area contributed by atoms with Crippen molar-refractivity contribution in [1.82, 2.24) is 4.57 Å². The zero-order valence-electron chi connectivity index (χ0n) is 14.1. The van der Waals surface area contributed by atoms with E-state index in [1.54, 1.807) is 7.11 Å². The van der Waals surface area contributed by atoms with Gasteiger partial charge in [0, 0.05) is 18.2 Å². The van der Waals surface area contributed by atoms with Gasteiger partial charge in [-0.05, 0) is 37.1 Å². The van der Waals surface area contributed by atoms with Crippen LogP contribution in [0.25, 0.3) is 10.2 Å². The Labute approximate surface area is 145 Å². The second-order valence-electron chi connectivity index (χ2n) is 5.60. The molecule has 3 aromatic rings. The first-order valence-corrected chi connectivity index (χ1v) is 8.77. The maximum absolute atomic E-state index is 12.6. The molecule has 1 amide bonds. The van der Waals surface area contributed by atoms with E-state index in [0.717, 1.165) is 39.3 Å². The molecule has 0 aliphatic carbocycles. The van der Waals surface area contributed by atoms with Crippen LogP contribution in [0.1, 0.15) is 29.3 Å². The maximum atomic E-state index is 12.6. The van der Waals surface area contributed by atoms with Gasteiger partial charge in [0.05, 0.1) is 17.3 Å². The van der Waals surface area contributed by atoms with E-state index in [-0.39, 0.29) is 5.91 Å². The fourth-order valence-electron chi connectivity index (χ4n) is 2.66. The first-order valence-electron chi connectivity index (χ1n) is 7.96. The molecule has 24 heavy (non-hydrogen) atoms. The van der Waals surface area contributed by atoms with Gasteiger partial charge in [-0.15, -0.1) is 0 Å². The number of aryl methyl sites for hydroxylation is 2. The summed E-state index contributed by atoms with van der Waals surface area (Å²) in [5, 5.41) is 0. The number of thiazole rings is 1. The molecule has 0 aliphatic heterocycles. The molecule has 0 saturated heterocycles. The second-order valence-corrected chi connectivity index (χ2v) is 6.61. The third kappa shape index (κ3) is 3.12. The number of hydrogen-bond donors (Lipinski definition) is 0. The zero-order valence-corrected chi connectivity index (χ0v) is 14.9. The molecule has 124 valence electrons. The minimum Gasteiger partial charge on any atom is -0.497 e. The summed E-state index contributed by atoms with van der Waals surface area (Å²) in [5.74, 6) is 0.610. The topological polar surface area (TPSA) is 43.6 Å². The minimum absolute atomic E-state index is 0.198. The number of ether oxygens (including phenoxy) is 1. The SMILES string of the molecule is CCCn1c(=NC(=O)c2ccccc2C)sc2ccc(OC)cc21. The molecule has 0 N–H and O–H groups in total. The zero-order chi connectivity index (χ0) is 17.1. The lowest BCUT2D eigenvalue weighted by Crippen LogP contribution is -2.17. The summed E-state index contributed by atoms with van der Waals surface area (Å²) < 4.78 is 8.52. The highest BCUT2D eigenvalue weighted by Gasteiger charge is 2.11. The largest absolute Gasteiger partial charge is 0.497 e. The van der Waals surface area contributed by atoms with E-state index in [1.807, 2.05) is 49.4 Å². The Bertz CT molecular complexity index is 953. The highest BCUT2D eigenvalue weighted by atomic mass is 32.1. The van der Waals surface area contributed by atoms with Crippen molar-refractivity contribution in [3.8, 4) is 5.75 Å². The Kier molecular flexibility index (Phi) is 4.81. The highest BCUT2D eigenvalue weighted by Crippen LogP contribution is 2.23. The first kappa shape index (κ1) is 16.5. The van der Waals surface area contributed by atoms with Crippen LogP contribution in [0.5, 0.6) is 5.75 Å². The van der Waals surface area contributed by atoms with Crippen molar-refractivity contribution in [1.29, 1.82) is 0 Å². The van der Waals surface area contributed by atoms with Crippen molar-refractivity contribution in [3.63, 3.8) is 0 Å². The van der Waals surface area contributed by atoms with Gasteiger partial charge in [0.15, 0.2) is 4.80 Å². The quantitative estimate of drug-likeness (QED) is 0.715. The van der Waals surface area contributed by atoms with Crippen molar-refractivity contribution < 1.29 is 9.53 Å². The average Bonchev–Trinajstić information content (AvgIpc) is 2.92. The van der Waals surface area contributed by atoms with Gasteiger partial charge in [-0.1, -0.05) is 36.5 Å². The van der Waals surface area contributed by atoms with E-state index in [1.165, 1.54) is 11.3 Å². The number of methoxy groups -OCH3 is 1. The molecule has 0 aliphatic rings. The Morgan fingerprint density at radius 3 is 2.75 bits per heavy atom. The number of benzene rings is 2. The van der Waals surface area contributed by atoms with Crippen molar-refractivity contribution in [2.45, 2.75) is 26.8 Å². The molecule has 0 atom stereocenters. The number of hydrogen-bond acceptors (Lipinski definition) is 3. The van der Waals surface area contributed by atoms with Gasteiger partial charge in [0.25, 0.3) is 5.91 Å². The Morgan fingerprint density at radius 1 is 1.25 bits per heavy atom. The van der Waals surface area contributed by atoms with Gasteiger partial charge < -0.3 is 9.30 Å². The Balaban J connectivity index is 2.16. The van der Waals surface area contributed by atoms with E-state index < -0.39 is 0 Å². The van der Waals surface area contributed by atoms with Crippen LogP contribution in [-0.2, 0) is 6.54 Å². The molecule has 0 saturated carbocycles. The molecule has 0 fully saturated rings. The lowest BCUT2D eigenvalue weighted by atomic mass is 10.1. The number of amides is 1. The summed E-state index contributed by atoms with van der Waals surface area (Å²) in [5.41, 5.74) is 2.64. The van der Waals surface area contributed by atoms with E-state index in [9.17, 15) is 4.79 Å². The van der Waals surface area contributed by atoms with Crippen LogP contribution in [0.3, 0.4) is 0 Å². The molecular weight excluding hydrogens is 320 g/mol. The van der Waals surface area contributed by atoms with Gasteiger partial charge >= 0.3 is 0 Å². The maximum Gasteiger partial charge on any atom is 0.279 e. The number of nitrogens with zero attached hydrogens (tertiary/aromatic N) is 2. The molecule has 0 radical (unpaired) electrons. The summed E-state index contributed by atoms with van der Waals surface area (Å²) in [4.78, 5) is 17.7. The summed E-state index contributed by atoms with van der Waals surface area (Å²) in [7, 11) is 1.66. The normalized spacial score (nSPS) is 11.9. The summed E-state index contributed by atoms with van der Waals surface area (Å²) in [6, 6.07) is 13.5. The summed E-state index contributed by atoms with van der Waals surface area (Å²) >= 11 is 1.53. The van der Waals surface area contributed by atoms with Crippen LogP contribution < -0.4 is 9.54 Å². The van der Waals surface area contributed by atoms with Crippen molar-refractivity contribution in [2.24, 2.45) is 4.99 Å². The third-order valence-corrected chi connectivity index (χ3v) is 4.97. The monoisotopic (exact) mass is 340 g/mol. The van der Waals surface area contributed by atoms with Crippen molar-refractivity contribution in [3.05, 3.63) is 58.4 Å². The lowest BCUT2D eigenvalue weighted by molar-refractivity contribution is 0.0997. The van der Waals surface area contributed by atoms with E-state index in [0.29, 0.717) is 5.56 Å². The molecule has 1 aromatic heterocycles. The average molecular weight is 340 g/mol. The molecular formula is C19H20N2O2S. The van der Waals surface area contributed by atoms with Gasteiger partial charge in [-0.3, -0.25) is 4.79 Å². The van der Waals surface area contributed by atoms with Gasteiger partial charge in [-0.25, -0.2) is 0 Å². The standard InChI is InChI=1S/C19H20N2O2S/c1-4-11-21-16-12-14(23-3)9-10-17(16)24-19(21)20-18(22)15-8-6-5-7-13(15)2/h5-10,12H,4,11H2,1-3H3. The van der Waals surface area contributed by atoms with Gasteiger partial charge in [0.2, 0.25) is 0 Å². The molecule has 3 rings (SSSR count). The van der Waals surface area contributed by atoms with Gasteiger partial charge in [0.1, 0.15) is 5.75 Å². The highest BCUT2D eigenvalue weighted by molar-refractivity contribution is 7.16. The molecule has 2 aromatic carbocycles. The van der Waals surface area contributed by atoms with E-state index in [4.69, 9.17) is 4.74 Å². The fourth-order valence-corrected chi connectivity index (χ4v) is 3.70. The van der Waals surface area contributed by atoms with Crippen molar-refractivity contribution in [2.75, 3.05) is 7.11 Å². The Hall–Kier alpha value is -2.40. The number of aromatic nitrogens is 1. The predicted octanol–water partition coefficient (Wildman–Crippen LogP) is 4.17. The number of carbonyl (C=O) groups excluding carboxylic acids is 1. The van der Waals surface area contributed by atoms with Gasteiger partial charge in [-0.2, -0.15) is 4.99 Å². The van der Waals surface area contributed by atoms with E-state index >= 15 is 0 Å². The molecule has 0 spiro atoms. The Morgan fingerprint density at radius 2 is 2.04 bits per heavy atom. The summed E-state index contributed by atoms with van der Waals surface area (Å²) in [6.45, 7) is 4.86. The molecule has 1 heterocycles. The van der Waals surface area contributed by atoms with Crippen LogP contribution >= 0.6 is 11.3 Å². The van der Waals surface area contributed by atoms with E-state index in [2.05, 4.69) is 16.5 Å². The minimum atomic E-state index is -0.198. The van der Waals surface area contributed by atoms with Crippen LogP contribution in [0, 0.1) is 6.92 Å². The molecule has 0 unspecified atom stereocenters. The van der Waals surface area contributed by atoms with Crippen LogP contribution in [-0.4, -0.2) is 17.6 Å². The second kappa shape index (κ2) is 7.01. The van der Waals surface area contributed by atoms with Crippen LogP contribution in [0.4, 0.5) is 0 Å². The van der Waals surface area contributed by atoms with Crippen molar-refractivity contribution >= 4 is 27.5 Å². The van der Waals surface area contributed by atoms with Crippen LogP contribution in [0.2, 0.25) is 0 Å². The summed E-state index contributed by atoms with van der Waals surface area (Å²) in [6.07, 6.45) is 0.967. The smallest absolute Gasteiger partial charge is 0.279 e. The lowest BCUT2D eigenvalue weighted by Gasteiger charge is -2.05. The molecule has 0 bridgehead atoms. The third-order valence-electron chi connectivity index (χ3n) is 3.91. The fraction of sp³-hybridized carbons (Fsp3) is 0.263. The molecule has 4 nitrogen and oxygen atoms in total. The predicted molar refractivity (Wildman–Crippen MR) is 97.7 cm³/mol. The number of carbonyl (C=O) groups is 1. The number of rotatable bonds is 4. The number of fused-ring (bicyclic) bond motifs is 1. The molecule has 5 heteroatoms. The van der Waals surface area contributed by atoms with Crippen LogP contribution in [0.15, 0.2) is 47.5 Å².